The number of rotatable bonds is 16. The predicted octanol–water partition coefficient (Wildman–Crippen LogP) is 6.94. The summed E-state index contributed by atoms with van der Waals surface area (Å²) < 4.78 is 5.00. The fourth-order valence-corrected chi connectivity index (χ4v) is 2.89. The van der Waals surface area contributed by atoms with E-state index in [9.17, 15) is 4.79 Å². The fraction of sp³-hybridized carbons (Fsp3) is 0.947. The van der Waals surface area contributed by atoms with Crippen LogP contribution in [0.15, 0.2) is 0 Å². The Morgan fingerprint density at radius 2 is 1.09 bits per heavy atom. The second-order valence-electron chi connectivity index (χ2n) is 6.47. The van der Waals surface area contributed by atoms with Crippen LogP contribution in [0.1, 0.15) is 110 Å². The van der Waals surface area contributed by atoms with Gasteiger partial charge in [0.2, 0.25) is 0 Å². The van der Waals surface area contributed by atoms with Crippen molar-refractivity contribution in [1.29, 1.82) is 0 Å². The van der Waals surface area contributed by atoms with E-state index in [0.717, 1.165) is 38.5 Å². The maximum absolute atomic E-state index is 10.7. The average Bonchev–Trinajstić information content (AvgIpc) is 2.48. The van der Waals surface area contributed by atoms with Crippen LogP contribution in [0.3, 0.4) is 0 Å². The van der Waals surface area contributed by atoms with Gasteiger partial charge in [-0.05, 0) is 25.7 Å². The van der Waals surface area contributed by atoms with Gasteiger partial charge in [0.05, 0.1) is 0 Å². The summed E-state index contributed by atoms with van der Waals surface area (Å²) in [6, 6.07) is 0. The molecule has 1 unspecified atom stereocenters. The molecule has 0 aliphatic rings. The molecule has 0 aliphatic heterocycles. The Bertz CT molecular complexity index is 241. The smallest absolute Gasteiger partial charge is 0.450 e. The van der Waals surface area contributed by atoms with Crippen molar-refractivity contribution in [2.45, 2.75) is 116 Å². The van der Waals surface area contributed by atoms with Crippen molar-refractivity contribution < 1.29 is 14.6 Å². The molecule has 0 heterocycles. The second kappa shape index (κ2) is 16.6. The summed E-state index contributed by atoms with van der Waals surface area (Å²) in [5.41, 5.74) is 0. The molecular formula is C19H38O3. The van der Waals surface area contributed by atoms with Crippen LogP contribution in [-0.2, 0) is 4.74 Å². The summed E-state index contributed by atoms with van der Waals surface area (Å²) in [5, 5.41) is 8.78. The number of hydrogen-bond acceptors (Lipinski definition) is 2. The van der Waals surface area contributed by atoms with Gasteiger partial charge >= 0.3 is 6.16 Å². The van der Waals surface area contributed by atoms with Crippen LogP contribution in [0.5, 0.6) is 0 Å². The van der Waals surface area contributed by atoms with Gasteiger partial charge in [-0.2, -0.15) is 0 Å². The van der Waals surface area contributed by atoms with Gasteiger partial charge in [0.25, 0.3) is 0 Å². The van der Waals surface area contributed by atoms with Crippen LogP contribution in [0.4, 0.5) is 4.79 Å². The number of carboxylic acid groups (broad SMARTS) is 1. The molecule has 132 valence electrons. The molecule has 0 bridgehead atoms. The monoisotopic (exact) mass is 314 g/mol. The van der Waals surface area contributed by atoms with Crippen LogP contribution < -0.4 is 0 Å². The molecule has 3 nitrogen and oxygen atoms in total. The molecule has 0 spiro atoms. The Balaban J connectivity index is 3.48. The molecule has 0 rings (SSSR count). The molecule has 0 saturated heterocycles. The topological polar surface area (TPSA) is 46.5 Å². The molecular weight excluding hydrogens is 276 g/mol. The SMILES string of the molecule is CCCCCCCCCCCCC(CCCCC)OC(=O)O. The molecule has 0 radical (unpaired) electrons. The molecule has 0 amide bonds. The average molecular weight is 315 g/mol. The highest BCUT2D eigenvalue weighted by atomic mass is 16.7. The Kier molecular flexibility index (Phi) is 16.1. The van der Waals surface area contributed by atoms with E-state index in [1.807, 2.05) is 0 Å². The van der Waals surface area contributed by atoms with E-state index < -0.39 is 6.16 Å². The molecule has 1 atom stereocenters. The molecule has 0 aromatic carbocycles. The van der Waals surface area contributed by atoms with E-state index in [2.05, 4.69) is 13.8 Å². The number of unbranched alkanes of at least 4 members (excludes halogenated alkanes) is 11. The lowest BCUT2D eigenvalue weighted by Crippen LogP contribution is -2.16. The van der Waals surface area contributed by atoms with Crippen LogP contribution in [0.25, 0.3) is 0 Å². The molecule has 0 fully saturated rings. The van der Waals surface area contributed by atoms with Gasteiger partial charge in [0, 0.05) is 0 Å². The summed E-state index contributed by atoms with van der Waals surface area (Å²) in [4.78, 5) is 10.7. The van der Waals surface area contributed by atoms with E-state index in [4.69, 9.17) is 9.84 Å². The van der Waals surface area contributed by atoms with Gasteiger partial charge in [0.15, 0.2) is 0 Å². The van der Waals surface area contributed by atoms with Gasteiger partial charge in [0.1, 0.15) is 6.10 Å². The third-order valence-corrected chi connectivity index (χ3v) is 4.28. The third kappa shape index (κ3) is 15.7. The highest BCUT2D eigenvalue weighted by molar-refractivity contribution is 5.57. The van der Waals surface area contributed by atoms with Gasteiger partial charge in [-0.25, -0.2) is 4.79 Å². The Labute approximate surface area is 137 Å². The maximum atomic E-state index is 10.7. The molecule has 22 heavy (non-hydrogen) atoms. The van der Waals surface area contributed by atoms with E-state index in [0.29, 0.717) is 0 Å². The molecule has 1 N–H and O–H groups in total. The summed E-state index contributed by atoms with van der Waals surface area (Å²) in [7, 11) is 0. The van der Waals surface area contributed by atoms with Crippen molar-refractivity contribution in [2.24, 2.45) is 0 Å². The lowest BCUT2D eigenvalue weighted by atomic mass is 10.0. The van der Waals surface area contributed by atoms with E-state index >= 15 is 0 Å². The highest BCUT2D eigenvalue weighted by Gasteiger charge is 2.12. The first-order valence-electron chi connectivity index (χ1n) is 9.60. The van der Waals surface area contributed by atoms with E-state index in [1.165, 1.54) is 57.8 Å². The molecule has 0 aliphatic carbocycles. The summed E-state index contributed by atoms with van der Waals surface area (Å²) >= 11 is 0. The number of hydrogen-bond donors (Lipinski definition) is 1. The summed E-state index contributed by atoms with van der Waals surface area (Å²) in [6.45, 7) is 4.42. The van der Waals surface area contributed by atoms with E-state index in [1.54, 1.807) is 0 Å². The Morgan fingerprint density at radius 1 is 0.727 bits per heavy atom. The first kappa shape index (κ1) is 21.3. The van der Waals surface area contributed by atoms with Gasteiger partial charge in [-0.15, -0.1) is 0 Å². The van der Waals surface area contributed by atoms with Crippen LogP contribution in [0.2, 0.25) is 0 Å². The predicted molar refractivity (Wildman–Crippen MR) is 93.5 cm³/mol. The minimum atomic E-state index is -1.12. The first-order chi connectivity index (χ1) is 10.7. The van der Waals surface area contributed by atoms with Crippen molar-refractivity contribution >= 4 is 6.16 Å². The Hall–Kier alpha value is -0.730. The largest absolute Gasteiger partial charge is 0.506 e. The molecule has 0 aromatic heterocycles. The van der Waals surface area contributed by atoms with E-state index in [-0.39, 0.29) is 6.10 Å². The molecule has 0 saturated carbocycles. The minimum absolute atomic E-state index is 0.0851. The molecule has 0 aromatic rings. The zero-order valence-corrected chi connectivity index (χ0v) is 14.9. The number of carbonyl (C=O) groups is 1. The van der Waals surface area contributed by atoms with Crippen molar-refractivity contribution in [2.75, 3.05) is 0 Å². The summed E-state index contributed by atoms with van der Waals surface area (Å²) in [6.07, 6.45) is 17.1. The third-order valence-electron chi connectivity index (χ3n) is 4.28. The summed E-state index contributed by atoms with van der Waals surface area (Å²) in [5.74, 6) is 0. The van der Waals surface area contributed by atoms with Crippen molar-refractivity contribution in [1.82, 2.24) is 0 Å². The molecule has 3 heteroatoms. The highest BCUT2D eigenvalue weighted by Crippen LogP contribution is 2.16. The number of ether oxygens (including phenoxy) is 1. The van der Waals surface area contributed by atoms with Crippen molar-refractivity contribution in [3.8, 4) is 0 Å². The lowest BCUT2D eigenvalue weighted by Gasteiger charge is -2.15. The Morgan fingerprint density at radius 3 is 1.55 bits per heavy atom. The van der Waals surface area contributed by atoms with Gasteiger partial charge < -0.3 is 9.84 Å². The lowest BCUT2D eigenvalue weighted by molar-refractivity contribution is 0.0423. The van der Waals surface area contributed by atoms with Gasteiger partial charge in [-0.3, -0.25) is 0 Å². The van der Waals surface area contributed by atoms with Crippen LogP contribution >= 0.6 is 0 Å². The maximum Gasteiger partial charge on any atom is 0.506 e. The van der Waals surface area contributed by atoms with Gasteiger partial charge in [-0.1, -0.05) is 84.5 Å². The zero-order valence-electron chi connectivity index (χ0n) is 14.9. The van der Waals surface area contributed by atoms with Crippen LogP contribution in [0, 0.1) is 0 Å². The standard InChI is InChI=1S/C19H38O3/c1-3-5-7-8-9-10-11-12-13-15-17-18(22-19(20)21)16-14-6-4-2/h18H,3-17H2,1-2H3,(H,20,21). The first-order valence-corrected chi connectivity index (χ1v) is 9.60. The quantitative estimate of drug-likeness (QED) is 0.248. The normalized spacial score (nSPS) is 12.3. The van der Waals surface area contributed by atoms with Crippen molar-refractivity contribution in [3.63, 3.8) is 0 Å². The second-order valence-corrected chi connectivity index (χ2v) is 6.47. The fourth-order valence-electron chi connectivity index (χ4n) is 2.89. The zero-order chi connectivity index (χ0) is 16.5. The van der Waals surface area contributed by atoms with Crippen LogP contribution in [-0.4, -0.2) is 17.4 Å². The minimum Gasteiger partial charge on any atom is -0.450 e. The van der Waals surface area contributed by atoms with Crippen molar-refractivity contribution in [3.05, 3.63) is 0 Å².